The minimum Gasteiger partial charge on any atom is -0.497 e. The van der Waals surface area contributed by atoms with Gasteiger partial charge in [-0.1, -0.05) is 0 Å². The molecule has 0 radical (unpaired) electrons. The molecule has 1 unspecified atom stereocenters. The predicted octanol–water partition coefficient (Wildman–Crippen LogP) is 7.36. The number of rotatable bonds is 11. The van der Waals surface area contributed by atoms with Crippen molar-refractivity contribution < 1.29 is 18.8 Å². The van der Waals surface area contributed by atoms with Crippen molar-refractivity contribution in [2.75, 3.05) is 81.8 Å². The van der Waals surface area contributed by atoms with E-state index in [0.717, 1.165) is 94.1 Å². The molecule has 0 aliphatic carbocycles. The highest BCUT2D eigenvalue weighted by Gasteiger charge is 2.41. The maximum absolute atomic E-state index is 13.7. The van der Waals surface area contributed by atoms with Gasteiger partial charge in [0.2, 0.25) is 5.95 Å². The molecule has 61 heavy (non-hydrogen) atoms. The molecule has 8 rings (SSSR count). The van der Waals surface area contributed by atoms with Gasteiger partial charge in [-0.25, -0.2) is 9.78 Å². The van der Waals surface area contributed by atoms with Gasteiger partial charge in [-0.05, 0) is 88.3 Å². The normalized spacial score (nSPS) is 18.3. The summed E-state index contributed by atoms with van der Waals surface area (Å²) in [4.78, 5) is 40.8. The summed E-state index contributed by atoms with van der Waals surface area (Å²) in [6, 6.07) is 8.31. The van der Waals surface area contributed by atoms with Crippen LogP contribution in [0.15, 0.2) is 59.7 Å². The predicted molar refractivity (Wildman–Crippen MR) is 245 cm³/mol. The maximum atomic E-state index is 13.7. The Labute approximate surface area is 365 Å². The van der Waals surface area contributed by atoms with Gasteiger partial charge in [0.15, 0.2) is 0 Å². The molecular weight excluding hydrogens is 859 g/mol. The number of carbonyl (C=O) groups excluding carboxylic acids is 1. The van der Waals surface area contributed by atoms with Crippen molar-refractivity contribution in [2.24, 2.45) is 0 Å². The second-order valence-corrected chi connectivity index (χ2v) is 21.3. The first-order chi connectivity index (χ1) is 29.2. The average Bonchev–Trinajstić information content (AvgIpc) is 3.69. The van der Waals surface area contributed by atoms with Crippen LogP contribution in [-0.4, -0.2) is 135 Å². The number of piperazine rings is 1. The number of ether oxygens (including phenoxy) is 2. The van der Waals surface area contributed by atoms with Gasteiger partial charge in [0, 0.05) is 106 Å². The molecule has 1 amide bonds. The number of anilines is 5. The van der Waals surface area contributed by atoms with Gasteiger partial charge in [-0.15, -0.1) is 0 Å². The van der Waals surface area contributed by atoms with Crippen LogP contribution >= 0.6 is 23.1 Å². The van der Waals surface area contributed by atoms with Gasteiger partial charge in [-0.2, -0.15) is 10.1 Å². The minimum absolute atomic E-state index is 0.134. The Bertz CT molecular complexity index is 2440. The minimum atomic E-state index is -2.80. The van der Waals surface area contributed by atoms with Crippen LogP contribution in [0.2, 0.25) is 0 Å². The topological polar surface area (TPSA) is 159 Å². The second kappa shape index (κ2) is 17.5. The van der Waals surface area contributed by atoms with Crippen LogP contribution in [0.3, 0.4) is 0 Å². The lowest BCUT2D eigenvalue weighted by molar-refractivity contribution is -0.0646. The summed E-state index contributed by atoms with van der Waals surface area (Å²) in [5.74, 6) is 1.56. The zero-order valence-electron chi connectivity index (χ0n) is 36.1. The molecule has 3 aromatic heterocycles. The summed E-state index contributed by atoms with van der Waals surface area (Å²) in [6.45, 7) is 18.3. The molecule has 1 atom stereocenters. The van der Waals surface area contributed by atoms with Crippen LogP contribution in [-0.2, 0) is 15.8 Å². The first kappa shape index (κ1) is 42.8. The number of nitrogens with one attached hydrogen (secondary N) is 2. The van der Waals surface area contributed by atoms with E-state index < -0.39 is 12.7 Å². The Hall–Kier alpha value is -4.83. The molecule has 0 bridgehead atoms. The van der Waals surface area contributed by atoms with Gasteiger partial charge < -0.3 is 29.6 Å². The number of aryl methyl sites for hydroxylation is 1. The molecule has 2 N–H and O–H groups in total. The summed E-state index contributed by atoms with van der Waals surface area (Å²) in [5, 5.41) is 12.2. The van der Waals surface area contributed by atoms with E-state index in [4.69, 9.17) is 14.5 Å². The first-order valence-corrected chi connectivity index (χ1v) is 24.4. The zero-order valence-corrected chi connectivity index (χ0v) is 38.5. The summed E-state index contributed by atoms with van der Waals surface area (Å²) in [6.07, 6.45) is 12.0. The molecule has 6 heterocycles. The fourth-order valence-corrected chi connectivity index (χ4v) is 10.3. The lowest BCUT2D eigenvalue weighted by Crippen LogP contribution is -2.63. The highest BCUT2D eigenvalue weighted by Crippen LogP contribution is 2.44. The lowest BCUT2D eigenvalue weighted by Gasteiger charge is -2.50. The molecule has 5 aromatic rings. The number of halogens is 1. The van der Waals surface area contributed by atoms with Crippen LogP contribution in [0.4, 0.5) is 33.6 Å². The Morgan fingerprint density at radius 1 is 0.918 bits per heavy atom. The molecule has 16 nitrogen and oxygen atoms in total. The average molecular weight is 916 g/mol. The fraction of sp³-hybridized carbons (Fsp3) is 0.488. The van der Waals surface area contributed by atoms with E-state index in [1.165, 1.54) is 0 Å². The number of nitrogens with zero attached hydrogens (tertiary/aromatic N) is 10. The smallest absolute Gasteiger partial charge is 0.411 e. The Morgan fingerprint density at radius 3 is 2.33 bits per heavy atom. The van der Waals surface area contributed by atoms with E-state index in [0.29, 0.717) is 50.1 Å². The Kier molecular flexibility index (Phi) is 12.3. The van der Waals surface area contributed by atoms with Crippen LogP contribution in [0.1, 0.15) is 47.0 Å². The van der Waals surface area contributed by atoms with Crippen LogP contribution in [0.25, 0.3) is 22.2 Å². The molecular formula is C43H56BrN12O4P. The third kappa shape index (κ3) is 9.35. The first-order valence-electron chi connectivity index (χ1n) is 21.0. The molecule has 3 aliphatic heterocycles. The third-order valence-electron chi connectivity index (χ3n) is 11.7. The van der Waals surface area contributed by atoms with Crippen molar-refractivity contribution in [3.05, 3.63) is 59.7 Å². The number of likely N-dealkylation sites (tertiary alicyclic amines) is 2. The highest BCUT2D eigenvalue weighted by molar-refractivity contribution is 9.10. The molecule has 3 saturated heterocycles. The number of carbonyl (C=O) groups is 1. The molecule has 0 saturated carbocycles. The highest BCUT2D eigenvalue weighted by atomic mass is 79.9. The number of hydrogen-bond acceptors (Lipinski definition) is 14. The standard InChI is InChI=1S/C43H56BrN12O4P/c1-8-55-27-28(25-48-55)37-34(50-41-47-26-31(44)40(51-41)49-33-10-9-32-38(46-15-14-45-32)39(33)61(6,7)58)23-30(59-5)24-35(37)53-21-19-52(20-22-53)29-11-16-54(17-12-29)36-13-18-56(36)42(57)60-43(2,3)4/h9-10,14-15,23-27,29,36H,8,11-13,16-22H2,1-7H3,(H2,47,49,50,51). The number of hydrogen-bond donors (Lipinski definition) is 2. The van der Waals surface area contributed by atoms with Crippen LogP contribution in [0, 0.1) is 0 Å². The van der Waals surface area contributed by atoms with Gasteiger partial charge in [0.05, 0.1) is 51.8 Å². The monoisotopic (exact) mass is 914 g/mol. The summed E-state index contributed by atoms with van der Waals surface area (Å²) >= 11 is 3.64. The lowest BCUT2D eigenvalue weighted by atomic mass is 9.98. The summed E-state index contributed by atoms with van der Waals surface area (Å²) < 4.78 is 27.8. The maximum Gasteiger partial charge on any atom is 0.411 e. The molecule has 18 heteroatoms. The largest absolute Gasteiger partial charge is 0.497 e. The van der Waals surface area contributed by atoms with E-state index in [9.17, 15) is 9.36 Å². The molecule has 0 spiro atoms. The van der Waals surface area contributed by atoms with Crippen molar-refractivity contribution in [2.45, 2.75) is 71.3 Å². The van der Waals surface area contributed by atoms with E-state index >= 15 is 0 Å². The Morgan fingerprint density at radius 2 is 1.67 bits per heavy atom. The van der Waals surface area contributed by atoms with Gasteiger partial charge >= 0.3 is 6.09 Å². The third-order valence-corrected chi connectivity index (χ3v) is 13.8. The number of fused-ring (bicyclic) bond motifs is 1. The summed E-state index contributed by atoms with van der Waals surface area (Å²) in [5.41, 5.74) is 5.16. The quantitative estimate of drug-likeness (QED) is 0.127. The number of methoxy groups -OCH3 is 1. The second-order valence-electron chi connectivity index (χ2n) is 17.3. The van der Waals surface area contributed by atoms with E-state index in [-0.39, 0.29) is 12.3 Å². The SMILES string of the molecule is CCn1cc(-c2c(Nc3ncc(Br)c(Nc4ccc5nccnc5c4P(C)(C)=O)n3)cc(OC)cc2N2CCN(C3CCN(C4CCN4C(=O)OC(C)(C)C)CC3)CC2)cn1. The van der Waals surface area contributed by atoms with E-state index in [2.05, 4.69) is 80.5 Å². The number of benzene rings is 2. The van der Waals surface area contributed by atoms with Crippen molar-refractivity contribution >= 4 is 74.3 Å². The number of aromatic nitrogens is 6. The van der Waals surface area contributed by atoms with Crippen molar-refractivity contribution in [3.63, 3.8) is 0 Å². The van der Waals surface area contributed by atoms with E-state index in [1.54, 1.807) is 39.0 Å². The zero-order chi connectivity index (χ0) is 43.1. The van der Waals surface area contributed by atoms with Crippen LogP contribution < -0.4 is 25.6 Å². The Balaban J connectivity index is 1.02. The van der Waals surface area contributed by atoms with Crippen molar-refractivity contribution in [3.8, 4) is 16.9 Å². The molecule has 3 fully saturated rings. The van der Waals surface area contributed by atoms with Crippen molar-refractivity contribution in [1.29, 1.82) is 0 Å². The van der Waals surface area contributed by atoms with Gasteiger partial charge in [-0.3, -0.25) is 29.3 Å². The molecule has 2 aromatic carbocycles. The molecule has 324 valence electrons. The van der Waals surface area contributed by atoms with Gasteiger partial charge in [0.1, 0.15) is 29.8 Å². The molecule has 3 aliphatic rings. The number of amides is 1. The van der Waals surface area contributed by atoms with Crippen molar-refractivity contribution in [1.82, 2.24) is 44.4 Å². The van der Waals surface area contributed by atoms with E-state index in [1.807, 2.05) is 54.7 Å². The van der Waals surface area contributed by atoms with Gasteiger partial charge in [0.25, 0.3) is 0 Å². The summed E-state index contributed by atoms with van der Waals surface area (Å²) in [7, 11) is -1.12. The number of piperidine rings is 1. The van der Waals surface area contributed by atoms with Crippen LogP contribution in [0.5, 0.6) is 5.75 Å². The fourth-order valence-electron chi connectivity index (χ4n) is 8.63.